The van der Waals surface area contributed by atoms with Crippen LogP contribution < -0.4 is 5.73 Å². The number of sulfonamides is 1. The van der Waals surface area contributed by atoms with Crippen molar-refractivity contribution in [1.29, 1.82) is 0 Å². The highest BCUT2D eigenvalue weighted by atomic mass is 79.9. The molecule has 0 radical (unpaired) electrons. The molecule has 118 valence electrons. The Kier molecular flexibility index (Phi) is 4.97. The van der Waals surface area contributed by atoms with Crippen molar-refractivity contribution < 1.29 is 8.42 Å². The van der Waals surface area contributed by atoms with Crippen molar-refractivity contribution in [3.05, 3.63) is 22.2 Å². The lowest BCUT2D eigenvalue weighted by Gasteiger charge is -2.35. The van der Waals surface area contributed by atoms with Gasteiger partial charge in [0, 0.05) is 29.3 Å². The summed E-state index contributed by atoms with van der Waals surface area (Å²) in [5.41, 5.74) is 7.01. The first-order valence-corrected chi connectivity index (χ1v) is 9.19. The van der Waals surface area contributed by atoms with E-state index in [4.69, 9.17) is 5.73 Å². The van der Waals surface area contributed by atoms with Crippen LogP contribution in [-0.2, 0) is 10.0 Å². The predicted octanol–water partition coefficient (Wildman–Crippen LogP) is 2.05. The van der Waals surface area contributed by atoms with Crippen molar-refractivity contribution in [2.45, 2.75) is 30.7 Å². The molecule has 0 aromatic heterocycles. The maximum Gasteiger partial charge on any atom is 0.243 e. The number of halogens is 1. The molecule has 5 nitrogen and oxygen atoms in total. The summed E-state index contributed by atoms with van der Waals surface area (Å²) >= 11 is 3.33. The van der Waals surface area contributed by atoms with Gasteiger partial charge in [-0.15, -0.1) is 0 Å². The smallest absolute Gasteiger partial charge is 0.243 e. The quantitative estimate of drug-likeness (QED) is 0.820. The molecule has 0 aliphatic carbocycles. The van der Waals surface area contributed by atoms with Crippen molar-refractivity contribution in [2.75, 3.05) is 32.9 Å². The SMILES string of the molecule is Cc1c(N)cc(Br)cc1S(=O)(=O)N1CCCC(N(C)C)C1. The third-order valence-electron chi connectivity index (χ3n) is 4.07. The molecule has 21 heavy (non-hydrogen) atoms. The highest BCUT2D eigenvalue weighted by Crippen LogP contribution is 2.30. The lowest BCUT2D eigenvalue weighted by Crippen LogP contribution is -2.47. The number of hydrogen-bond acceptors (Lipinski definition) is 4. The van der Waals surface area contributed by atoms with Crippen LogP contribution in [0.5, 0.6) is 0 Å². The molecule has 1 unspecified atom stereocenters. The minimum atomic E-state index is -3.51. The molecule has 0 saturated carbocycles. The Morgan fingerprint density at radius 3 is 2.67 bits per heavy atom. The highest BCUT2D eigenvalue weighted by Gasteiger charge is 2.32. The van der Waals surface area contributed by atoms with Gasteiger partial charge in [-0.2, -0.15) is 4.31 Å². The van der Waals surface area contributed by atoms with Crippen molar-refractivity contribution in [2.24, 2.45) is 0 Å². The van der Waals surface area contributed by atoms with Crippen LogP contribution in [0.4, 0.5) is 5.69 Å². The molecule has 0 amide bonds. The van der Waals surface area contributed by atoms with Crippen LogP contribution in [0.2, 0.25) is 0 Å². The zero-order valence-electron chi connectivity index (χ0n) is 12.6. The average Bonchev–Trinajstić information content (AvgIpc) is 2.42. The Hall–Kier alpha value is -0.630. The molecule has 0 spiro atoms. The number of rotatable bonds is 3. The van der Waals surface area contributed by atoms with Gasteiger partial charge >= 0.3 is 0 Å². The lowest BCUT2D eigenvalue weighted by molar-refractivity contribution is 0.190. The van der Waals surface area contributed by atoms with Crippen molar-refractivity contribution in [3.63, 3.8) is 0 Å². The number of anilines is 1. The molecule has 7 heteroatoms. The summed E-state index contributed by atoms with van der Waals surface area (Å²) in [6.07, 6.45) is 1.91. The second-order valence-electron chi connectivity index (χ2n) is 5.74. The van der Waals surface area contributed by atoms with E-state index in [-0.39, 0.29) is 6.04 Å². The van der Waals surface area contributed by atoms with E-state index < -0.39 is 10.0 Å². The van der Waals surface area contributed by atoms with Crippen molar-refractivity contribution >= 4 is 31.6 Å². The third kappa shape index (κ3) is 3.41. The maximum absolute atomic E-state index is 12.9. The summed E-state index contributed by atoms with van der Waals surface area (Å²) in [6, 6.07) is 3.63. The van der Waals surface area contributed by atoms with Crippen LogP contribution in [0.1, 0.15) is 18.4 Å². The van der Waals surface area contributed by atoms with Gasteiger partial charge in [0.2, 0.25) is 10.0 Å². The zero-order chi connectivity index (χ0) is 15.8. The van der Waals surface area contributed by atoms with Crippen LogP contribution in [0, 0.1) is 6.92 Å². The Morgan fingerprint density at radius 2 is 2.05 bits per heavy atom. The van der Waals surface area contributed by atoms with Crippen LogP contribution in [0.3, 0.4) is 0 Å². The summed E-state index contributed by atoms with van der Waals surface area (Å²) in [5, 5.41) is 0. The Bertz CT molecular complexity index is 631. The van der Waals surface area contributed by atoms with E-state index in [1.165, 1.54) is 0 Å². The van der Waals surface area contributed by atoms with E-state index in [0.29, 0.717) is 33.7 Å². The average molecular weight is 376 g/mol. The Labute approximate surface area is 135 Å². The monoisotopic (exact) mass is 375 g/mol. The molecular formula is C14H22BrN3O2S. The predicted molar refractivity (Wildman–Crippen MR) is 88.8 cm³/mol. The van der Waals surface area contributed by atoms with Crippen molar-refractivity contribution in [3.8, 4) is 0 Å². The number of hydrogen-bond donors (Lipinski definition) is 1. The maximum atomic E-state index is 12.9. The molecule has 1 aliphatic heterocycles. The summed E-state index contributed by atoms with van der Waals surface area (Å²) < 4.78 is 28.1. The van der Waals surface area contributed by atoms with Gasteiger partial charge in [0.05, 0.1) is 4.90 Å². The number of benzene rings is 1. The molecule has 1 heterocycles. The summed E-state index contributed by atoms with van der Waals surface area (Å²) in [6.45, 7) is 2.85. The van der Waals surface area contributed by atoms with E-state index in [9.17, 15) is 8.42 Å². The van der Waals surface area contributed by atoms with Crippen LogP contribution in [-0.4, -0.2) is 50.8 Å². The van der Waals surface area contributed by atoms with Gasteiger partial charge in [0.1, 0.15) is 0 Å². The van der Waals surface area contributed by atoms with E-state index in [2.05, 4.69) is 20.8 Å². The minimum Gasteiger partial charge on any atom is -0.398 e. The fourth-order valence-corrected chi connectivity index (χ4v) is 5.07. The molecule has 1 aromatic carbocycles. The zero-order valence-corrected chi connectivity index (χ0v) is 15.0. The number of likely N-dealkylation sites (N-methyl/N-ethyl adjacent to an activating group) is 1. The molecule has 2 N–H and O–H groups in total. The van der Waals surface area contributed by atoms with Crippen LogP contribution in [0.25, 0.3) is 0 Å². The first kappa shape index (κ1) is 16.7. The van der Waals surface area contributed by atoms with E-state index >= 15 is 0 Å². The number of nitrogens with zero attached hydrogens (tertiary/aromatic N) is 2. The Balaban J connectivity index is 2.38. The second kappa shape index (κ2) is 6.24. The van der Waals surface area contributed by atoms with Gasteiger partial charge in [0.15, 0.2) is 0 Å². The largest absolute Gasteiger partial charge is 0.398 e. The molecule has 2 rings (SSSR count). The van der Waals surface area contributed by atoms with E-state index in [0.717, 1.165) is 12.8 Å². The van der Waals surface area contributed by atoms with Crippen LogP contribution in [0.15, 0.2) is 21.5 Å². The van der Waals surface area contributed by atoms with Crippen molar-refractivity contribution in [1.82, 2.24) is 9.21 Å². The molecule has 1 saturated heterocycles. The van der Waals surface area contributed by atoms with Crippen LogP contribution >= 0.6 is 15.9 Å². The summed E-state index contributed by atoms with van der Waals surface area (Å²) in [4.78, 5) is 2.39. The molecular weight excluding hydrogens is 354 g/mol. The summed E-state index contributed by atoms with van der Waals surface area (Å²) in [5.74, 6) is 0. The lowest BCUT2D eigenvalue weighted by atomic mass is 10.1. The number of nitrogen functional groups attached to an aromatic ring is 1. The standard InChI is InChI=1S/C14H22BrN3O2S/c1-10-13(16)7-11(15)8-14(10)21(19,20)18-6-4-5-12(9-18)17(2)3/h7-8,12H,4-6,9,16H2,1-3H3. The first-order chi connectivity index (χ1) is 9.73. The normalized spacial score (nSPS) is 20.9. The minimum absolute atomic E-state index is 0.262. The van der Waals surface area contributed by atoms with Gasteiger partial charge < -0.3 is 10.6 Å². The van der Waals surface area contributed by atoms with Gasteiger partial charge in [-0.1, -0.05) is 15.9 Å². The first-order valence-electron chi connectivity index (χ1n) is 6.95. The van der Waals surface area contributed by atoms with Gasteiger partial charge in [0.25, 0.3) is 0 Å². The van der Waals surface area contributed by atoms with Gasteiger partial charge in [-0.3, -0.25) is 0 Å². The molecule has 1 aliphatic rings. The van der Waals surface area contributed by atoms with E-state index in [1.54, 1.807) is 23.4 Å². The van der Waals surface area contributed by atoms with Gasteiger partial charge in [-0.05, 0) is 51.6 Å². The molecule has 0 bridgehead atoms. The molecule has 1 aromatic rings. The molecule has 1 fully saturated rings. The second-order valence-corrected chi connectivity index (χ2v) is 8.56. The summed E-state index contributed by atoms with van der Waals surface area (Å²) in [7, 11) is 0.471. The topological polar surface area (TPSA) is 66.6 Å². The number of nitrogens with two attached hydrogens (primary N) is 1. The van der Waals surface area contributed by atoms with Gasteiger partial charge in [-0.25, -0.2) is 8.42 Å². The third-order valence-corrected chi connectivity index (χ3v) is 6.52. The van der Waals surface area contributed by atoms with E-state index in [1.807, 2.05) is 14.1 Å². The fourth-order valence-electron chi connectivity index (χ4n) is 2.64. The number of piperidine rings is 1. The fraction of sp³-hybridized carbons (Fsp3) is 0.571. The highest BCUT2D eigenvalue weighted by molar-refractivity contribution is 9.10. The Morgan fingerprint density at radius 1 is 1.38 bits per heavy atom. The molecule has 1 atom stereocenters.